The highest BCUT2D eigenvalue weighted by atomic mass is 35.5. The molecule has 0 radical (unpaired) electrons. The Bertz CT molecular complexity index is 826. The van der Waals surface area contributed by atoms with Gasteiger partial charge < -0.3 is 10.1 Å². The predicted octanol–water partition coefficient (Wildman–Crippen LogP) is 4.92. The van der Waals surface area contributed by atoms with Gasteiger partial charge in [0.1, 0.15) is 5.75 Å². The molecule has 1 atom stereocenters. The molecule has 0 saturated carbocycles. The van der Waals surface area contributed by atoms with Crippen molar-refractivity contribution in [1.29, 1.82) is 0 Å². The van der Waals surface area contributed by atoms with Crippen LogP contribution in [0.1, 0.15) is 35.4 Å². The SMILES string of the molecule is COc1ccc2c(c1)C(c1ccc(Cl)cc1)C1=C2NC(=S)CC1. The Morgan fingerprint density at radius 2 is 1.91 bits per heavy atom. The topological polar surface area (TPSA) is 21.3 Å². The van der Waals surface area contributed by atoms with E-state index in [1.807, 2.05) is 18.2 Å². The van der Waals surface area contributed by atoms with E-state index in [1.54, 1.807) is 7.11 Å². The summed E-state index contributed by atoms with van der Waals surface area (Å²) < 4.78 is 5.43. The van der Waals surface area contributed by atoms with E-state index in [1.165, 1.54) is 28.0 Å². The van der Waals surface area contributed by atoms with Crippen molar-refractivity contribution in [3.8, 4) is 5.75 Å². The lowest BCUT2D eigenvalue weighted by molar-refractivity contribution is 0.414. The number of halogens is 1. The van der Waals surface area contributed by atoms with Crippen molar-refractivity contribution < 1.29 is 4.74 Å². The first kappa shape index (κ1) is 14.7. The fraction of sp³-hybridized carbons (Fsp3) is 0.211. The summed E-state index contributed by atoms with van der Waals surface area (Å²) >= 11 is 11.5. The summed E-state index contributed by atoms with van der Waals surface area (Å²) in [6, 6.07) is 14.4. The highest BCUT2D eigenvalue weighted by Gasteiger charge is 2.35. The molecule has 2 aliphatic rings. The molecule has 23 heavy (non-hydrogen) atoms. The number of fused-ring (bicyclic) bond motifs is 2. The first-order chi connectivity index (χ1) is 11.2. The van der Waals surface area contributed by atoms with Gasteiger partial charge in [-0.05, 0) is 53.5 Å². The Labute approximate surface area is 146 Å². The zero-order chi connectivity index (χ0) is 16.0. The van der Waals surface area contributed by atoms with E-state index >= 15 is 0 Å². The number of rotatable bonds is 2. The summed E-state index contributed by atoms with van der Waals surface area (Å²) in [6.07, 6.45) is 1.90. The maximum Gasteiger partial charge on any atom is 0.119 e. The van der Waals surface area contributed by atoms with Crippen molar-refractivity contribution >= 4 is 34.5 Å². The molecule has 1 heterocycles. The molecule has 2 nitrogen and oxygen atoms in total. The quantitative estimate of drug-likeness (QED) is 0.784. The largest absolute Gasteiger partial charge is 0.497 e. The number of methoxy groups -OCH3 is 1. The van der Waals surface area contributed by atoms with Crippen LogP contribution in [0.3, 0.4) is 0 Å². The second kappa shape index (κ2) is 5.66. The molecule has 4 rings (SSSR count). The first-order valence-corrected chi connectivity index (χ1v) is 8.42. The Kier molecular flexibility index (Phi) is 3.63. The van der Waals surface area contributed by atoms with Crippen molar-refractivity contribution in [3.63, 3.8) is 0 Å². The Morgan fingerprint density at radius 3 is 2.65 bits per heavy atom. The lowest BCUT2D eigenvalue weighted by atomic mass is 9.86. The van der Waals surface area contributed by atoms with Crippen LogP contribution >= 0.6 is 23.8 Å². The fourth-order valence-corrected chi connectivity index (χ4v) is 3.87. The molecule has 2 aromatic rings. The van der Waals surface area contributed by atoms with Crippen molar-refractivity contribution in [1.82, 2.24) is 5.32 Å². The van der Waals surface area contributed by atoms with Gasteiger partial charge in [-0.25, -0.2) is 0 Å². The molecule has 0 aromatic heterocycles. The average Bonchev–Trinajstić information content (AvgIpc) is 2.88. The molecule has 1 aliphatic heterocycles. The number of benzene rings is 2. The van der Waals surface area contributed by atoms with E-state index in [0.29, 0.717) is 0 Å². The van der Waals surface area contributed by atoms with Crippen molar-refractivity contribution in [2.24, 2.45) is 0 Å². The lowest BCUT2D eigenvalue weighted by Gasteiger charge is -2.22. The third-order valence-electron chi connectivity index (χ3n) is 4.60. The third kappa shape index (κ3) is 2.44. The molecule has 116 valence electrons. The second-order valence-corrected chi connectivity index (χ2v) is 6.82. The van der Waals surface area contributed by atoms with Gasteiger partial charge in [-0.15, -0.1) is 0 Å². The fourth-order valence-electron chi connectivity index (χ4n) is 3.54. The van der Waals surface area contributed by atoms with Crippen LogP contribution in [0.25, 0.3) is 5.70 Å². The Balaban J connectivity index is 1.90. The predicted molar refractivity (Wildman–Crippen MR) is 98.2 cm³/mol. The van der Waals surface area contributed by atoms with Gasteiger partial charge in [0, 0.05) is 28.6 Å². The maximum absolute atomic E-state index is 6.06. The Morgan fingerprint density at radius 1 is 1.13 bits per heavy atom. The van der Waals surface area contributed by atoms with Crippen LogP contribution in [0.5, 0.6) is 5.75 Å². The monoisotopic (exact) mass is 341 g/mol. The maximum atomic E-state index is 6.06. The molecule has 0 fully saturated rings. The first-order valence-electron chi connectivity index (χ1n) is 7.64. The second-order valence-electron chi connectivity index (χ2n) is 5.89. The average molecular weight is 342 g/mol. The van der Waals surface area contributed by atoms with Crippen molar-refractivity contribution in [2.75, 3.05) is 7.11 Å². The van der Waals surface area contributed by atoms with Crippen molar-refractivity contribution in [2.45, 2.75) is 18.8 Å². The smallest absolute Gasteiger partial charge is 0.119 e. The molecular weight excluding hydrogens is 326 g/mol. The molecule has 1 unspecified atom stereocenters. The third-order valence-corrected chi connectivity index (χ3v) is 5.16. The van der Waals surface area contributed by atoms with Crippen molar-refractivity contribution in [3.05, 3.63) is 69.8 Å². The number of ether oxygens (including phenoxy) is 1. The van der Waals surface area contributed by atoms with Gasteiger partial charge in [0.15, 0.2) is 0 Å². The van der Waals surface area contributed by atoms with Gasteiger partial charge in [-0.3, -0.25) is 0 Å². The molecule has 1 aliphatic carbocycles. The molecule has 4 heteroatoms. The highest BCUT2D eigenvalue weighted by Crippen LogP contribution is 2.48. The highest BCUT2D eigenvalue weighted by molar-refractivity contribution is 7.80. The minimum Gasteiger partial charge on any atom is -0.497 e. The van der Waals surface area contributed by atoms with Gasteiger partial charge in [0.2, 0.25) is 0 Å². The summed E-state index contributed by atoms with van der Waals surface area (Å²) in [5.74, 6) is 1.12. The van der Waals surface area contributed by atoms with Gasteiger partial charge in [0.25, 0.3) is 0 Å². The lowest BCUT2D eigenvalue weighted by Crippen LogP contribution is -2.24. The molecule has 0 saturated heterocycles. The van der Waals surface area contributed by atoms with E-state index in [2.05, 4.69) is 29.6 Å². The van der Waals surface area contributed by atoms with E-state index in [-0.39, 0.29) is 5.92 Å². The van der Waals surface area contributed by atoms with Gasteiger partial charge >= 0.3 is 0 Å². The summed E-state index contributed by atoms with van der Waals surface area (Å²) in [6.45, 7) is 0. The number of hydrogen-bond donors (Lipinski definition) is 1. The zero-order valence-electron chi connectivity index (χ0n) is 12.7. The van der Waals surface area contributed by atoms with Crippen LogP contribution in [0.15, 0.2) is 48.0 Å². The van der Waals surface area contributed by atoms with Gasteiger partial charge in [-0.1, -0.05) is 36.0 Å². The molecule has 0 bridgehead atoms. The normalized spacial score (nSPS) is 19.2. The van der Waals surface area contributed by atoms with E-state index in [4.69, 9.17) is 28.6 Å². The minimum atomic E-state index is 0.239. The van der Waals surface area contributed by atoms with Crippen LogP contribution in [0.4, 0.5) is 0 Å². The van der Waals surface area contributed by atoms with E-state index in [0.717, 1.165) is 28.6 Å². The van der Waals surface area contributed by atoms with E-state index in [9.17, 15) is 0 Å². The van der Waals surface area contributed by atoms with Crippen LogP contribution < -0.4 is 10.1 Å². The molecule has 0 spiro atoms. The summed E-state index contributed by atoms with van der Waals surface area (Å²) in [4.78, 5) is 0.919. The number of nitrogens with one attached hydrogen (secondary N) is 1. The van der Waals surface area contributed by atoms with Gasteiger partial charge in [0.05, 0.1) is 12.1 Å². The van der Waals surface area contributed by atoms with Crippen LogP contribution in [0, 0.1) is 0 Å². The number of hydrogen-bond acceptors (Lipinski definition) is 2. The Hall–Kier alpha value is -1.84. The summed E-state index contributed by atoms with van der Waals surface area (Å²) in [5.41, 5.74) is 6.34. The van der Waals surface area contributed by atoms with Crippen LogP contribution in [-0.2, 0) is 0 Å². The zero-order valence-corrected chi connectivity index (χ0v) is 14.3. The van der Waals surface area contributed by atoms with Crippen LogP contribution in [0.2, 0.25) is 5.02 Å². The minimum absolute atomic E-state index is 0.239. The summed E-state index contributed by atoms with van der Waals surface area (Å²) in [5, 5.41) is 4.19. The van der Waals surface area contributed by atoms with E-state index < -0.39 is 0 Å². The number of allylic oxidation sites excluding steroid dienone is 1. The van der Waals surface area contributed by atoms with Crippen LogP contribution in [-0.4, -0.2) is 12.1 Å². The van der Waals surface area contributed by atoms with Gasteiger partial charge in [-0.2, -0.15) is 0 Å². The molecule has 2 aromatic carbocycles. The molecule has 0 amide bonds. The standard InChI is InChI=1S/C19H16ClNOS/c1-22-13-6-7-14-16(10-13)18(11-2-4-12(20)5-3-11)15-8-9-17(23)21-19(14)15/h2-7,10,18H,8-9H2,1H3,(H,21,23). The molecule has 1 N–H and O–H groups in total. The molecular formula is C19H16ClNOS. The summed E-state index contributed by atoms with van der Waals surface area (Å²) in [7, 11) is 1.70. The number of thiocarbonyl (C=S) groups is 1.